The number of hydrogen-bond donors (Lipinski definition) is 0. The highest BCUT2D eigenvalue weighted by atomic mass is 35.5. The summed E-state index contributed by atoms with van der Waals surface area (Å²) in [6, 6.07) is 21.0. The molecule has 3 aromatic carbocycles. The predicted octanol–water partition coefficient (Wildman–Crippen LogP) is 5.34. The smallest absolute Gasteiger partial charge is 0.339 e. The number of halogens is 1. The van der Waals surface area contributed by atoms with Crippen molar-refractivity contribution in [1.29, 1.82) is 0 Å². The minimum atomic E-state index is -3.99. The van der Waals surface area contributed by atoms with Gasteiger partial charge in [0.05, 0.1) is 11.4 Å². The SMILES string of the molecule is O=C1S/C(=C\c2cccc(OS(=O)(=O)c3ccccc3)c2)C(=O)N1Cc1cccc(Cl)c1. The molecule has 0 N–H and O–H groups in total. The zero-order valence-corrected chi connectivity index (χ0v) is 18.9. The van der Waals surface area contributed by atoms with Crippen molar-refractivity contribution in [3.8, 4) is 5.75 Å². The van der Waals surface area contributed by atoms with Gasteiger partial charge in [0.15, 0.2) is 0 Å². The maximum atomic E-state index is 12.8. The van der Waals surface area contributed by atoms with Crippen molar-refractivity contribution in [3.05, 3.63) is 99.9 Å². The van der Waals surface area contributed by atoms with E-state index in [1.54, 1.807) is 54.6 Å². The average Bonchev–Trinajstić information content (AvgIpc) is 3.02. The molecule has 0 bridgehead atoms. The van der Waals surface area contributed by atoms with Crippen molar-refractivity contribution < 1.29 is 22.2 Å². The summed E-state index contributed by atoms with van der Waals surface area (Å²) in [6.45, 7) is 0.112. The van der Waals surface area contributed by atoms with Gasteiger partial charge in [0, 0.05) is 5.02 Å². The van der Waals surface area contributed by atoms with Gasteiger partial charge in [0.1, 0.15) is 10.6 Å². The molecule has 162 valence electrons. The predicted molar refractivity (Wildman–Crippen MR) is 124 cm³/mol. The van der Waals surface area contributed by atoms with Gasteiger partial charge in [-0.05, 0) is 65.4 Å². The van der Waals surface area contributed by atoms with Gasteiger partial charge in [0.25, 0.3) is 11.1 Å². The number of carbonyl (C=O) groups is 2. The molecule has 0 radical (unpaired) electrons. The molecule has 0 saturated carbocycles. The third kappa shape index (κ3) is 5.04. The Morgan fingerprint density at radius 2 is 1.69 bits per heavy atom. The zero-order valence-electron chi connectivity index (χ0n) is 16.5. The second kappa shape index (κ2) is 9.20. The highest BCUT2D eigenvalue weighted by Crippen LogP contribution is 2.34. The number of hydrogen-bond acceptors (Lipinski definition) is 6. The van der Waals surface area contributed by atoms with Crippen LogP contribution in [0.5, 0.6) is 5.75 Å². The summed E-state index contributed by atoms with van der Waals surface area (Å²) in [6.07, 6.45) is 1.53. The molecule has 1 saturated heterocycles. The van der Waals surface area contributed by atoms with E-state index in [0.717, 1.165) is 22.2 Å². The van der Waals surface area contributed by atoms with E-state index in [0.29, 0.717) is 10.6 Å². The van der Waals surface area contributed by atoms with Crippen LogP contribution in [-0.4, -0.2) is 24.5 Å². The van der Waals surface area contributed by atoms with Gasteiger partial charge in [-0.1, -0.05) is 54.1 Å². The Balaban J connectivity index is 1.53. The highest BCUT2D eigenvalue weighted by Gasteiger charge is 2.35. The fourth-order valence-corrected chi connectivity index (χ4v) is 5.02. The Hall–Kier alpha value is -3.07. The topological polar surface area (TPSA) is 80.8 Å². The van der Waals surface area contributed by atoms with E-state index in [1.165, 1.54) is 30.3 Å². The number of nitrogens with zero attached hydrogens (tertiary/aromatic N) is 1. The van der Waals surface area contributed by atoms with Crippen LogP contribution in [0, 0.1) is 0 Å². The number of thioether (sulfide) groups is 1. The number of amides is 2. The first-order chi connectivity index (χ1) is 15.3. The number of imide groups is 1. The van der Waals surface area contributed by atoms with Crippen LogP contribution in [0.3, 0.4) is 0 Å². The maximum absolute atomic E-state index is 12.8. The summed E-state index contributed by atoms with van der Waals surface area (Å²) in [5, 5.41) is 0.132. The van der Waals surface area contributed by atoms with Crippen LogP contribution in [0.25, 0.3) is 6.08 Å². The molecule has 3 aromatic rings. The van der Waals surface area contributed by atoms with E-state index in [2.05, 4.69) is 0 Å². The molecule has 1 aliphatic rings. The molecular formula is C23H16ClNO5S2. The van der Waals surface area contributed by atoms with Crippen LogP contribution < -0.4 is 4.18 Å². The summed E-state index contributed by atoms with van der Waals surface area (Å²) >= 11 is 6.80. The van der Waals surface area contributed by atoms with Crippen LogP contribution in [0.4, 0.5) is 4.79 Å². The standard InChI is InChI=1S/C23H16ClNO5S2/c24-18-8-4-7-17(12-18)15-25-22(26)21(31-23(25)27)14-16-6-5-9-19(13-16)30-32(28,29)20-10-2-1-3-11-20/h1-14H,15H2/b21-14-. The monoisotopic (exact) mass is 485 g/mol. The molecule has 1 aliphatic heterocycles. The lowest BCUT2D eigenvalue weighted by Crippen LogP contribution is -2.27. The minimum absolute atomic E-state index is 0.0348. The lowest BCUT2D eigenvalue weighted by Gasteiger charge is -2.12. The van der Waals surface area contributed by atoms with E-state index in [-0.39, 0.29) is 27.3 Å². The first kappa shape index (κ1) is 22.1. The lowest BCUT2D eigenvalue weighted by molar-refractivity contribution is -0.123. The van der Waals surface area contributed by atoms with Crippen molar-refractivity contribution in [1.82, 2.24) is 4.90 Å². The van der Waals surface area contributed by atoms with Gasteiger partial charge in [0.2, 0.25) is 0 Å². The minimum Gasteiger partial charge on any atom is -0.379 e. The molecule has 1 heterocycles. The van der Waals surface area contributed by atoms with Crippen LogP contribution in [-0.2, 0) is 21.5 Å². The Bertz CT molecular complexity index is 1320. The Morgan fingerprint density at radius 1 is 0.938 bits per heavy atom. The number of benzene rings is 3. The van der Waals surface area contributed by atoms with Gasteiger partial charge in [-0.25, -0.2) is 0 Å². The average molecular weight is 486 g/mol. The molecule has 0 unspecified atom stereocenters. The van der Waals surface area contributed by atoms with Crippen molar-refractivity contribution in [3.63, 3.8) is 0 Å². The Morgan fingerprint density at radius 3 is 2.44 bits per heavy atom. The van der Waals surface area contributed by atoms with Crippen LogP contribution >= 0.6 is 23.4 Å². The van der Waals surface area contributed by atoms with Gasteiger partial charge in [-0.3, -0.25) is 14.5 Å². The molecule has 0 aromatic heterocycles. The number of rotatable bonds is 6. The second-order valence-electron chi connectivity index (χ2n) is 6.82. The maximum Gasteiger partial charge on any atom is 0.339 e. The molecule has 6 nitrogen and oxygen atoms in total. The molecule has 32 heavy (non-hydrogen) atoms. The van der Waals surface area contributed by atoms with Crippen LogP contribution in [0.15, 0.2) is 88.7 Å². The van der Waals surface area contributed by atoms with E-state index < -0.39 is 16.0 Å². The molecule has 2 amide bonds. The van der Waals surface area contributed by atoms with Crippen molar-refractivity contribution in [2.75, 3.05) is 0 Å². The van der Waals surface area contributed by atoms with Crippen molar-refractivity contribution >= 4 is 50.7 Å². The third-order valence-electron chi connectivity index (χ3n) is 4.50. The molecule has 9 heteroatoms. The molecule has 0 spiro atoms. The molecule has 4 rings (SSSR count). The van der Waals surface area contributed by atoms with Gasteiger partial charge >= 0.3 is 10.1 Å². The van der Waals surface area contributed by atoms with Crippen molar-refractivity contribution in [2.24, 2.45) is 0 Å². The van der Waals surface area contributed by atoms with Crippen LogP contribution in [0.2, 0.25) is 5.02 Å². The summed E-state index contributed by atoms with van der Waals surface area (Å²) < 4.78 is 30.1. The van der Waals surface area contributed by atoms with Crippen LogP contribution in [0.1, 0.15) is 11.1 Å². The molecule has 1 fully saturated rings. The fraction of sp³-hybridized carbons (Fsp3) is 0.0435. The first-order valence-corrected chi connectivity index (χ1v) is 12.0. The van der Waals surface area contributed by atoms with Gasteiger partial charge in [-0.15, -0.1) is 0 Å². The van der Waals surface area contributed by atoms with Crippen molar-refractivity contribution in [2.45, 2.75) is 11.4 Å². The summed E-state index contributed by atoms with van der Waals surface area (Å²) in [5.74, 6) is -0.330. The van der Waals surface area contributed by atoms with E-state index in [4.69, 9.17) is 15.8 Å². The van der Waals surface area contributed by atoms with Gasteiger partial charge in [-0.2, -0.15) is 8.42 Å². The number of carbonyl (C=O) groups excluding carboxylic acids is 2. The third-order valence-corrected chi connectivity index (χ3v) is 6.90. The zero-order chi connectivity index (χ0) is 22.7. The lowest BCUT2D eigenvalue weighted by atomic mass is 10.2. The largest absolute Gasteiger partial charge is 0.379 e. The molecule has 0 aliphatic carbocycles. The van der Waals surface area contributed by atoms with E-state index in [9.17, 15) is 18.0 Å². The highest BCUT2D eigenvalue weighted by molar-refractivity contribution is 8.18. The quantitative estimate of drug-likeness (QED) is 0.346. The van der Waals surface area contributed by atoms with Gasteiger partial charge < -0.3 is 4.18 Å². The Labute approximate surface area is 194 Å². The summed E-state index contributed by atoms with van der Waals surface area (Å²) in [7, 11) is -3.99. The summed E-state index contributed by atoms with van der Waals surface area (Å²) in [4.78, 5) is 26.6. The summed E-state index contributed by atoms with van der Waals surface area (Å²) in [5.41, 5.74) is 1.27. The Kier molecular flexibility index (Phi) is 6.36. The first-order valence-electron chi connectivity index (χ1n) is 9.41. The van der Waals surface area contributed by atoms with E-state index in [1.807, 2.05) is 0 Å². The fourth-order valence-electron chi connectivity index (χ4n) is 3.02. The second-order valence-corrected chi connectivity index (χ2v) is 9.80. The molecule has 0 atom stereocenters. The normalized spacial score (nSPS) is 15.4. The molecular weight excluding hydrogens is 470 g/mol. The van der Waals surface area contributed by atoms with E-state index >= 15 is 0 Å².